The normalized spacial score (nSPS) is 20.9. The zero-order chi connectivity index (χ0) is 22.5. The van der Waals surface area contributed by atoms with Gasteiger partial charge in [0.15, 0.2) is 0 Å². The van der Waals surface area contributed by atoms with Crippen LogP contribution in [0, 0.1) is 11.3 Å². The predicted octanol–water partition coefficient (Wildman–Crippen LogP) is 2.52. The largest absolute Gasteiger partial charge is 0.478 e. The zero-order valence-electron chi connectivity index (χ0n) is 19.3. The molecule has 2 N–H and O–H groups in total. The molecule has 0 aromatic heterocycles. The molecule has 7 heteroatoms. The van der Waals surface area contributed by atoms with E-state index < -0.39 is 17.4 Å². The summed E-state index contributed by atoms with van der Waals surface area (Å²) in [5, 5.41) is 12.2. The second-order valence-corrected chi connectivity index (χ2v) is 9.64. The molecular formula is C22H39N3O4. The van der Waals surface area contributed by atoms with Crippen molar-refractivity contribution in [3.05, 3.63) is 11.6 Å². The van der Waals surface area contributed by atoms with Crippen molar-refractivity contribution >= 4 is 17.8 Å². The minimum atomic E-state index is -1.00. The van der Waals surface area contributed by atoms with Crippen LogP contribution in [0.25, 0.3) is 0 Å². The number of carboxylic acid groups (broad SMARTS) is 1. The number of carboxylic acids is 1. The third kappa shape index (κ3) is 6.84. The van der Waals surface area contributed by atoms with Gasteiger partial charge in [0.25, 0.3) is 0 Å². The first-order chi connectivity index (χ1) is 13.3. The van der Waals surface area contributed by atoms with E-state index in [1.807, 2.05) is 46.6 Å². The minimum absolute atomic E-state index is 0.0269. The Morgan fingerprint density at radius 2 is 1.79 bits per heavy atom. The van der Waals surface area contributed by atoms with Crippen LogP contribution in [-0.2, 0) is 14.4 Å². The number of hydrogen-bond donors (Lipinski definition) is 2. The highest BCUT2D eigenvalue weighted by Gasteiger charge is 2.39. The maximum Gasteiger partial charge on any atom is 0.331 e. The number of carbonyl (C=O) groups is 3. The molecule has 1 aliphatic heterocycles. The lowest BCUT2D eigenvalue weighted by Gasteiger charge is -2.39. The van der Waals surface area contributed by atoms with Crippen LogP contribution in [0.15, 0.2) is 11.6 Å². The van der Waals surface area contributed by atoms with E-state index in [2.05, 4.69) is 5.32 Å². The summed E-state index contributed by atoms with van der Waals surface area (Å²) in [6.45, 7) is 12.1. The number of likely N-dealkylation sites (tertiary alicyclic amines) is 1. The molecule has 0 bridgehead atoms. The minimum Gasteiger partial charge on any atom is -0.478 e. The number of carbonyl (C=O) groups excluding carboxylic acids is 2. The average molecular weight is 410 g/mol. The Bertz CT molecular complexity index is 636. The first-order valence-electron chi connectivity index (χ1n) is 10.5. The monoisotopic (exact) mass is 409 g/mol. The Hall–Kier alpha value is -1.89. The Kier molecular flexibility index (Phi) is 8.87. The van der Waals surface area contributed by atoms with Crippen molar-refractivity contribution in [2.24, 2.45) is 11.3 Å². The molecule has 0 radical (unpaired) electrons. The van der Waals surface area contributed by atoms with E-state index in [9.17, 15) is 19.5 Å². The van der Waals surface area contributed by atoms with Crippen LogP contribution in [-0.4, -0.2) is 71.5 Å². The molecular weight excluding hydrogens is 370 g/mol. The predicted molar refractivity (Wildman–Crippen MR) is 114 cm³/mol. The Morgan fingerprint density at radius 3 is 2.24 bits per heavy atom. The summed E-state index contributed by atoms with van der Waals surface area (Å²) < 4.78 is 0. The molecule has 0 saturated carbocycles. The number of nitrogens with zero attached hydrogens (tertiary/aromatic N) is 2. The van der Waals surface area contributed by atoms with E-state index in [0.29, 0.717) is 0 Å². The fourth-order valence-corrected chi connectivity index (χ4v) is 3.72. The number of rotatable bonds is 7. The van der Waals surface area contributed by atoms with Crippen LogP contribution >= 0.6 is 0 Å². The second-order valence-electron chi connectivity index (χ2n) is 9.64. The lowest BCUT2D eigenvalue weighted by molar-refractivity contribution is -0.141. The Labute approximate surface area is 175 Å². The first-order valence-corrected chi connectivity index (χ1v) is 10.5. The topological polar surface area (TPSA) is 90.0 Å². The number of aliphatic carboxylic acids is 1. The summed E-state index contributed by atoms with van der Waals surface area (Å²) in [7, 11) is 3.62. The van der Waals surface area contributed by atoms with Crippen LogP contribution in [0.2, 0.25) is 0 Å². The van der Waals surface area contributed by atoms with Crippen molar-refractivity contribution in [1.29, 1.82) is 0 Å². The van der Waals surface area contributed by atoms with Gasteiger partial charge in [0.2, 0.25) is 11.8 Å². The molecule has 7 nitrogen and oxygen atoms in total. The average Bonchev–Trinajstić information content (AvgIpc) is 2.61. The molecule has 1 aliphatic rings. The van der Waals surface area contributed by atoms with Crippen molar-refractivity contribution in [3.63, 3.8) is 0 Å². The lowest BCUT2D eigenvalue weighted by Crippen LogP contribution is -2.59. The molecule has 1 rings (SSSR count). The quantitative estimate of drug-likeness (QED) is 0.631. The molecule has 0 aliphatic carbocycles. The highest BCUT2D eigenvalue weighted by Crippen LogP contribution is 2.25. The molecule has 0 aromatic carbocycles. The van der Waals surface area contributed by atoms with Gasteiger partial charge in [-0.05, 0) is 44.7 Å². The molecule has 0 unspecified atom stereocenters. The number of amides is 2. The summed E-state index contributed by atoms with van der Waals surface area (Å²) in [5.74, 6) is -1.30. The van der Waals surface area contributed by atoms with Crippen LogP contribution in [0.3, 0.4) is 0 Å². The van der Waals surface area contributed by atoms with E-state index in [-0.39, 0.29) is 35.4 Å². The number of likely N-dealkylation sites (N-methyl/N-ethyl adjacent to an activating group) is 2. The van der Waals surface area contributed by atoms with Gasteiger partial charge in [-0.1, -0.05) is 47.1 Å². The van der Waals surface area contributed by atoms with Gasteiger partial charge < -0.3 is 15.3 Å². The van der Waals surface area contributed by atoms with Crippen LogP contribution in [0.1, 0.15) is 60.8 Å². The highest BCUT2D eigenvalue weighted by atomic mass is 16.4. The van der Waals surface area contributed by atoms with Gasteiger partial charge in [-0.3, -0.25) is 14.5 Å². The van der Waals surface area contributed by atoms with Gasteiger partial charge in [0.1, 0.15) is 6.04 Å². The van der Waals surface area contributed by atoms with Crippen LogP contribution in [0.5, 0.6) is 0 Å². The summed E-state index contributed by atoms with van der Waals surface area (Å²) >= 11 is 0. The standard InChI is InChI=1S/C22H39N3O4/c1-14(2)17(13-15(3)21(28)29)25(8)20(27)18(22(4,5)6)23-19(26)16-11-9-10-12-24(16)7/h13-14,16-18H,9-12H2,1-8H3,(H,23,26)(H,28,29)/b15-13+/t16-,17+,18+/m0/s1. The maximum absolute atomic E-state index is 13.4. The van der Waals surface area contributed by atoms with Crippen LogP contribution in [0.4, 0.5) is 0 Å². The fraction of sp³-hybridized carbons (Fsp3) is 0.773. The second kappa shape index (κ2) is 10.2. The molecule has 1 heterocycles. The molecule has 1 fully saturated rings. The molecule has 2 amide bonds. The van der Waals surface area contributed by atoms with E-state index in [1.54, 1.807) is 18.0 Å². The fourth-order valence-electron chi connectivity index (χ4n) is 3.72. The molecule has 0 aromatic rings. The zero-order valence-corrected chi connectivity index (χ0v) is 19.3. The summed E-state index contributed by atoms with van der Waals surface area (Å²) in [6, 6.07) is -1.30. The van der Waals surface area contributed by atoms with Crippen molar-refractivity contribution in [2.75, 3.05) is 20.6 Å². The number of nitrogens with one attached hydrogen (secondary N) is 1. The van der Waals surface area contributed by atoms with E-state index in [0.717, 1.165) is 25.8 Å². The van der Waals surface area contributed by atoms with Gasteiger partial charge in [-0.2, -0.15) is 0 Å². The van der Waals surface area contributed by atoms with Crippen molar-refractivity contribution in [3.8, 4) is 0 Å². The van der Waals surface area contributed by atoms with Crippen molar-refractivity contribution in [2.45, 2.75) is 78.9 Å². The smallest absolute Gasteiger partial charge is 0.331 e. The van der Waals surface area contributed by atoms with Gasteiger partial charge in [-0.15, -0.1) is 0 Å². The van der Waals surface area contributed by atoms with Crippen LogP contribution < -0.4 is 5.32 Å². The van der Waals surface area contributed by atoms with Gasteiger partial charge >= 0.3 is 5.97 Å². The molecule has 3 atom stereocenters. The third-order valence-corrected chi connectivity index (χ3v) is 5.71. The Morgan fingerprint density at radius 1 is 1.21 bits per heavy atom. The molecule has 1 saturated heterocycles. The SMILES string of the molecule is C/C(=C\[C@H](C(C)C)N(C)C(=O)[C@@H](NC(=O)[C@@H]1CCCCN1C)C(C)(C)C)C(=O)O. The molecule has 29 heavy (non-hydrogen) atoms. The van der Waals surface area contributed by atoms with Crippen molar-refractivity contribution < 1.29 is 19.5 Å². The summed E-state index contributed by atoms with van der Waals surface area (Å²) in [4.78, 5) is 41.2. The number of piperidine rings is 1. The highest BCUT2D eigenvalue weighted by molar-refractivity contribution is 5.91. The first kappa shape index (κ1) is 25.1. The summed E-state index contributed by atoms with van der Waals surface area (Å²) in [5.41, 5.74) is -0.287. The molecule has 166 valence electrons. The van der Waals surface area contributed by atoms with Gasteiger partial charge in [0.05, 0.1) is 12.1 Å². The molecule has 0 spiro atoms. The summed E-state index contributed by atoms with van der Waals surface area (Å²) in [6.07, 6.45) is 4.49. The number of hydrogen-bond acceptors (Lipinski definition) is 4. The van der Waals surface area contributed by atoms with E-state index in [1.165, 1.54) is 6.92 Å². The van der Waals surface area contributed by atoms with E-state index in [4.69, 9.17) is 0 Å². The van der Waals surface area contributed by atoms with Gasteiger partial charge in [-0.25, -0.2) is 4.79 Å². The van der Waals surface area contributed by atoms with Crippen molar-refractivity contribution in [1.82, 2.24) is 15.1 Å². The maximum atomic E-state index is 13.4. The van der Waals surface area contributed by atoms with Gasteiger partial charge in [0, 0.05) is 12.6 Å². The third-order valence-electron chi connectivity index (χ3n) is 5.71. The Balaban J connectivity index is 3.10. The van der Waals surface area contributed by atoms with E-state index >= 15 is 0 Å². The lowest BCUT2D eigenvalue weighted by atomic mass is 9.84.